The lowest BCUT2D eigenvalue weighted by Crippen LogP contribution is -1.96. The molecule has 8 nitrogen and oxygen atoms in total. The first-order valence-electron chi connectivity index (χ1n) is 5.85. The molecule has 0 aliphatic heterocycles. The number of anilines is 1. The second kappa shape index (κ2) is 6.24. The van der Waals surface area contributed by atoms with Gasteiger partial charge in [-0.25, -0.2) is 0 Å². The molecule has 0 aliphatic rings. The van der Waals surface area contributed by atoms with Gasteiger partial charge in [0, 0.05) is 18.2 Å². The lowest BCUT2D eigenvalue weighted by atomic mass is 10.2. The maximum atomic E-state index is 10.8. The van der Waals surface area contributed by atoms with Gasteiger partial charge < -0.3 is 0 Å². The Bertz CT molecular complexity index is 698. The zero-order chi connectivity index (χ0) is 15.2. The van der Waals surface area contributed by atoms with Crippen LogP contribution in [0.5, 0.6) is 0 Å². The highest BCUT2D eigenvalue weighted by Gasteiger charge is 2.10. The van der Waals surface area contributed by atoms with E-state index in [9.17, 15) is 20.2 Å². The zero-order valence-electron chi connectivity index (χ0n) is 10.7. The summed E-state index contributed by atoms with van der Waals surface area (Å²) in [6, 6.07) is 11.9. The predicted molar refractivity (Wildman–Crippen MR) is 77.4 cm³/mol. The Morgan fingerprint density at radius 2 is 1.62 bits per heavy atom. The van der Waals surface area contributed by atoms with Crippen molar-refractivity contribution in [3.63, 3.8) is 0 Å². The summed E-state index contributed by atoms with van der Waals surface area (Å²) in [5, 5.41) is 25.2. The molecule has 106 valence electrons. The van der Waals surface area contributed by atoms with Crippen LogP contribution in [0.1, 0.15) is 5.56 Å². The van der Waals surface area contributed by atoms with E-state index < -0.39 is 9.85 Å². The van der Waals surface area contributed by atoms with Gasteiger partial charge in [-0.1, -0.05) is 12.1 Å². The van der Waals surface area contributed by atoms with Crippen LogP contribution in [0, 0.1) is 20.2 Å². The van der Waals surface area contributed by atoms with Gasteiger partial charge in [-0.3, -0.25) is 25.7 Å². The Morgan fingerprint density at radius 1 is 0.952 bits per heavy atom. The van der Waals surface area contributed by atoms with Crippen molar-refractivity contribution in [3.8, 4) is 0 Å². The third kappa shape index (κ3) is 3.60. The van der Waals surface area contributed by atoms with Gasteiger partial charge in [-0.05, 0) is 23.8 Å². The van der Waals surface area contributed by atoms with E-state index in [1.165, 1.54) is 42.6 Å². The van der Waals surface area contributed by atoms with Gasteiger partial charge in [-0.15, -0.1) is 0 Å². The lowest BCUT2D eigenvalue weighted by Gasteiger charge is -2.00. The van der Waals surface area contributed by atoms with E-state index in [1.807, 2.05) is 0 Å². The molecule has 21 heavy (non-hydrogen) atoms. The van der Waals surface area contributed by atoms with E-state index >= 15 is 0 Å². The summed E-state index contributed by atoms with van der Waals surface area (Å²) in [7, 11) is 0. The van der Waals surface area contributed by atoms with E-state index in [-0.39, 0.29) is 17.1 Å². The minimum atomic E-state index is -0.510. The van der Waals surface area contributed by atoms with Crippen LogP contribution in [-0.2, 0) is 0 Å². The number of hydrogen-bond donors (Lipinski definition) is 1. The number of nitrogens with zero attached hydrogens (tertiary/aromatic N) is 3. The molecule has 0 unspecified atom stereocenters. The molecule has 2 aromatic rings. The van der Waals surface area contributed by atoms with Crippen molar-refractivity contribution in [1.82, 2.24) is 0 Å². The molecule has 0 aliphatic carbocycles. The summed E-state index contributed by atoms with van der Waals surface area (Å²) in [6.07, 6.45) is 1.42. The SMILES string of the molecule is O=[N+]([O-])c1ccc(/C=N\Nc2ccccc2[N+](=O)[O-])cc1. The van der Waals surface area contributed by atoms with Crippen molar-refractivity contribution in [1.29, 1.82) is 0 Å². The Labute approximate surface area is 119 Å². The summed E-state index contributed by atoms with van der Waals surface area (Å²) in [6.45, 7) is 0. The number of hydrogen-bond acceptors (Lipinski definition) is 6. The van der Waals surface area contributed by atoms with Gasteiger partial charge in [-0.2, -0.15) is 5.10 Å². The summed E-state index contributed by atoms with van der Waals surface area (Å²) in [4.78, 5) is 20.3. The molecule has 1 N–H and O–H groups in total. The maximum absolute atomic E-state index is 10.8. The second-order valence-electron chi connectivity index (χ2n) is 3.99. The molecule has 0 spiro atoms. The average molecular weight is 286 g/mol. The molecule has 0 heterocycles. The quantitative estimate of drug-likeness (QED) is 0.516. The molecule has 8 heteroatoms. The van der Waals surface area contributed by atoms with Gasteiger partial charge in [0.25, 0.3) is 11.4 Å². The number of hydrazone groups is 1. The molecule has 2 rings (SSSR count). The van der Waals surface area contributed by atoms with Crippen molar-refractivity contribution in [2.75, 3.05) is 5.43 Å². The van der Waals surface area contributed by atoms with E-state index in [0.717, 1.165) is 0 Å². The molecular weight excluding hydrogens is 276 g/mol. The lowest BCUT2D eigenvalue weighted by molar-refractivity contribution is -0.384. The van der Waals surface area contributed by atoms with Crippen molar-refractivity contribution < 1.29 is 9.85 Å². The molecule has 0 saturated carbocycles. The molecular formula is C13H10N4O4. The van der Waals surface area contributed by atoms with Crippen LogP contribution in [0.3, 0.4) is 0 Å². The van der Waals surface area contributed by atoms with E-state index in [4.69, 9.17) is 0 Å². The number of rotatable bonds is 5. The fraction of sp³-hybridized carbons (Fsp3) is 0. The largest absolute Gasteiger partial charge is 0.294 e. The molecule has 0 atom stereocenters. The van der Waals surface area contributed by atoms with Crippen LogP contribution in [0.4, 0.5) is 17.1 Å². The molecule has 0 saturated heterocycles. The first-order valence-corrected chi connectivity index (χ1v) is 5.85. The van der Waals surface area contributed by atoms with Crippen LogP contribution < -0.4 is 5.43 Å². The highest BCUT2D eigenvalue weighted by atomic mass is 16.6. The van der Waals surface area contributed by atoms with Crippen molar-refractivity contribution in [2.45, 2.75) is 0 Å². The normalized spacial score (nSPS) is 10.5. The fourth-order valence-corrected chi connectivity index (χ4v) is 1.59. The predicted octanol–water partition coefficient (Wildman–Crippen LogP) is 2.95. The second-order valence-corrected chi connectivity index (χ2v) is 3.99. The number of para-hydroxylation sites is 2. The standard InChI is InChI=1S/C13H10N4O4/c18-16(19)11-7-5-10(6-8-11)9-14-15-12-3-1-2-4-13(12)17(20)21/h1-9,15H/b14-9-. The van der Waals surface area contributed by atoms with Gasteiger partial charge in [0.1, 0.15) is 5.69 Å². The highest BCUT2D eigenvalue weighted by Crippen LogP contribution is 2.22. The van der Waals surface area contributed by atoms with Crippen LogP contribution >= 0.6 is 0 Å². The molecule has 0 aromatic heterocycles. The van der Waals surface area contributed by atoms with Gasteiger partial charge in [0.2, 0.25) is 0 Å². The first kappa shape index (κ1) is 14.1. The molecule has 0 amide bonds. The minimum absolute atomic E-state index is 0.0150. The Hall–Kier alpha value is -3.29. The molecule has 0 fully saturated rings. The third-order valence-electron chi connectivity index (χ3n) is 2.60. The van der Waals surface area contributed by atoms with Crippen molar-refractivity contribution in [3.05, 3.63) is 74.3 Å². The monoisotopic (exact) mass is 286 g/mol. The molecule has 2 aromatic carbocycles. The van der Waals surface area contributed by atoms with Crippen molar-refractivity contribution >= 4 is 23.3 Å². The van der Waals surface area contributed by atoms with Crippen LogP contribution in [-0.4, -0.2) is 16.1 Å². The van der Waals surface area contributed by atoms with E-state index in [2.05, 4.69) is 10.5 Å². The topological polar surface area (TPSA) is 111 Å². The number of nitrogens with one attached hydrogen (secondary N) is 1. The average Bonchev–Trinajstić information content (AvgIpc) is 2.48. The summed E-state index contributed by atoms with van der Waals surface area (Å²) in [5.74, 6) is 0. The summed E-state index contributed by atoms with van der Waals surface area (Å²) < 4.78 is 0. The third-order valence-corrected chi connectivity index (χ3v) is 2.60. The zero-order valence-corrected chi connectivity index (χ0v) is 10.7. The highest BCUT2D eigenvalue weighted by molar-refractivity contribution is 5.81. The number of benzene rings is 2. The Morgan fingerprint density at radius 3 is 2.24 bits per heavy atom. The van der Waals surface area contributed by atoms with Crippen molar-refractivity contribution in [2.24, 2.45) is 5.10 Å². The van der Waals surface area contributed by atoms with Crippen LogP contribution in [0.15, 0.2) is 53.6 Å². The molecule has 0 bridgehead atoms. The maximum Gasteiger partial charge on any atom is 0.294 e. The Balaban J connectivity index is 2.09. The molecule has 0 radical (unpaired) electrons. The summed E-state index contributed by atoms with van der Waals surface area (Å²) >= 11 is 0. The van der Waals surface area contributed by atoms with Gasteiger partial charge in [0.15, 0.2) is 0 Å². The fourth-order valence-electron chi connectivity index (χ4n) is 1.59. The van der Waals surface area contributed by atoms with Gasteiger partial charge in [0.05, 0.1) is 16.1 Å². The number of nitro benzene ring substituents is 2. The smallest absolute Gasteiger partial charge is 0.272 e. The first-order chi connectivity index (χ1) is 10.1. The number of non-ortho nitro benzene ring substituents is 1. The number of nitro groups is 2. The van der Waals surface area contributed by atoms with E-state index in [0.29, 0.717) is 5.56 Å². The summed E-state index contributed by atoms with van der Waals surface area (Å²) in [5.41, 5.74) is 3.37. The Kier molecular flexibility index (Phi) is 4.20. The van der Waals surface area contributed by atoms with Crippen LogP contribution in [0.25, 0.3) is 0 Å². The van der Waals surface area contributed by atoms with Crippen LogP contribution in [0.2, 0.25) is 0 Å². The van der Waals surface area contributed by atoms with Gasteiger partial charge >= 0.3 is 0 Å². The minimum Gasteiger partial charge on any atom is -0.272 e. The van der Waals surface area contributed by atoms with E-state index in [1.54, 1.807) is 12.1 Å².